The highest BCUT2D eigenvalue weighted by atomic mass is 16.7. The van der Waals surface area contributed by atoms with E-state index < -0.39 is 5.79 Å². The smallest absolute Gasteiger partial charge is 0.169 e. The van der Waals surface area contributed by atoms with Crippen molar-refractivity contribution < 1.29 is 9.47 Å². The molecule has 0 bridgehead atoms. The van der Waals surface area contributed by atoms with Crippen LogP contribution >= 0.6 is 0 Å². The molecule has 0 radical (unpaired) electrons. The summed E-state index contributed by atoms with van der Waals surface area (Å²) in [6.07, 6.45) is 4.06. The van der Waals surface area contributed by atoms with E-state index in [4.69, 9.17) is 9.47 Å². The third-order valence-corrected chi connectivity index (χ3v) is 6.49. The molecule has 1 N–H and O–H groups in total. The van der Waals surface area contributed by atoms with E-state index in [0.717, 1.165) is 37.8 Å². The summed E-state index contributed by atoms with van der Waals surface area (Å²) in [7, 11) is 0. The Morgan fingerprint density at radius 3 is 2.79 bits per heavy atom. The van der Waals surface area contributed by atoms with Crippen molar-refractivity contribution in [2.75, 3.05) is 19.8 Å². The van der Waals surface area contributed by atoms with Gasteiger partial charge in [0.2, 0.25) is 0 Å². The number of fused-ring (bicyclic) bond motifs is 1. The maximum absolute atomic E-state index is 9.39. The zero-order valence-electron chi connectivity index (χ0n) is 14.6. The average Bonchev–Trinajstić information content (AvgIpc) is 3.03. The third kappa shape index (κ3) is 2.38. The molecule has 4 heteroatoms. The topological polar surface area (TPSA) is 54.3 Å². The first kappa shape index (κ1) is 16.1. The highest BCUT2D eigenvalue weighted by Gasteiger charge is 2.56. The summed E-state index contributed by atoms with van der Waals surface area (Å²) < 4.78 is 12.2. The van der Waals surface area contributed by atoms with E-state index in [1.807, 2.05) is 6.07 Å². The summed E-state index contributed by atoms with van der Waals surface area (Å²) in [5, 5.41) is 13.0. The van der Waals surface area contributed by atoms with Gasteiger partial charge in [-0.3, -0.25) is 0 Å². The zero-order valence-corrected chi connectivity index (χ0v) is 14.6. The van der Waals surface area contributed by atoms with Crippen LogP contribution in [0.3, 0.4) is 0 Å². The van der Waals surface area contributed by atoms with Gasteiger partial charge in [0.15, 0.2) is 5.79 Å². The van der Waals surface area contributed by atoms with Crippen molar-refractivity contribution in [1.82, 2.24) is 5.32 Å². The van der Waals surface area contributed by atoms with Crippen molar-refractivity contribution in [3.8, 4) is 6.07 Å². The van der Waals surface area contributed by atoms with Gasteiger partial charge in [0, 0.05) is 24.3 Å². The Morgan fingerprint density at radius 2 is 2.04 bits per heavy atom. The molecule has 1 spiro atoms. The van der Waals surface area contributed by atoms with Crippen molar-refractivity contribution >= 4 is 0 Å². The first-order valence-corrected chi connectivity index (χ1v) is 9.11. The Kier molecular flexibility index (Phi) is 3.91. The fourth-order valence-electron chi connectivity index (χ4n) is 5.42. The minimum Gasteiger partial charge on any atom is -0.348 e. The number of piperidine rings is 1. The average molecular weight is 326 g/mol. The number of aryl methyl sites for hydroxylation is 1. The van der Waals surface area contributed by atoms with Gasteiger partial charge in [-0.1, -0.05) is 6.07 Å². The number of benzene rings is 1. The van der Waals surface area contributed by atoms with Crippen LogP contribution in [0.25, 0.3) is 0 Å². The van der Waals surface area contributed by atoms with Gasteiger partial charge in [0.1, 0.15) is 0 Å². The van der Waals surface area contributed by atoms with Crippen molar-refractivity contribution in [2.24, 2.45) is 5.92 Å². The van der Waals surface area contributed by atoms with Crippen LogP contribution in [-0.4, -0.2) is 31.6 Å². The quantitative estimate of drug-likeness (QED) is 0.862. The summed E-state index contributed by atoms with van der Waals surface area (Å²) in [6, 6.07) is 8.94. The molecule has 1 aliphatic carbocycles. The molecule has 3 fully saturated rings. The standard InChI is InChI=1S/C20H26N2O2/c1-14-3-4-16(12-21)11-18(14)19-7-8-22-15(2)17(19)5-6-20(13-19)23-9-10-24-20/h3-4,11,15,17,22H,5-10,13H2,1-2H3. The Morgan fingerprint density at radius 1 is 1.25 bits per heavy atom. The monoisotopic (exact) mass is 326 g/mol. The molecular weight excluding hydrogens is 300 g/mol. The molecule has 1 aromatic rings. The largest absolute Gasteiger partial charge is 0.348 e. The molecule has 1 aromatic carbocycles. The summed E-state index contributed by atoms with van der Waals surface area (Å²) in [4.78, 5) is 0. The molecular formula is C20H26N2O2. The lowest BCUT2D eigenvalue weighted by molar-refractivity contribution is -0.205. The summed E-state index contributed by atoms with van der Waals surface area (Å²) >= 11 is 0. The first-order chi connectivity index (χ1) is 11.6. The maximum atomic E-state index is 9.39. The predicted octanol–water partition coefficient (Wildman–Crippen LogP) is 3.03. The number of nitriles is 1. The second kappa shape index (κ2) is 5.84. The van der Waals surface area contributed by atoms with E-state index in [9.17, 15) is 5.26 Å². The van der Waals surface area contributed by atoms with Crippen LogP contribution in [0.4, 0.5) is 0 Å². The second-order valence-corrected chi connectivity index (χ2v) is 7.72. The van der Waals surface area contributed by atoms with E-state index in [2.05, 4.69) is 37.4 Å². The number of hydrogen-bond acceptors (Lipinski definition) is 4. The van der Waals surface area contributed by atoms with Crippen LogP contribution in [-0.2, 0) is 14.9 Å². The third-order valence-electron chi connectivity index (χ3n) is 6.49. The molecule has 4 rings (SSSR count). The lowest BCUT2D eigenvalue weighted by Crippen LogP contribution is -2.59. The van der Waals surface area contributed by atoms with Crippen molar-refractivity contribution in [3.63, 3.8) is 0 Å². The number of hydrogen-bond donors (Lipinski definition) is 1. The highest BCUT2D eigenvalue weighted by Crippen LogP contribution is 2.55. The zero-order chi connectivity index (χ0) is 16.8. The van der Waals surface area contributed by atoms with Crippen LogP contribution in [0.1, 0.15) is 49.3 Å². The fraction of sp³-hybridized carbons (Fsp3) is 0.650. The normalized spacial score (nSPS) is 34.7. The molecule has 0 aromatic heterocycles. The number of ether oxygens (including phenoxy) is 2. The van der Waals surface area contributed by atoms with Gasteiger partial charge >= 0.3 is 0 Å². The van der Waals surface area contributed by atoms with E-state index >= 15 is 0 Å². The summed E-state index contributed by atoms with van der Waals surface area (Å²) in [5.41, 5.74) is 3.40. The maximum Gasteiger partial charge on any atom is 0.169 e. The van der Waals surface area contributed by atoms with E-state index in [1.54, 1.807) is 0 Å². The number of nitrogens with zero attached hydrogens (tertiary/aromatic N) is 1. The minimum atomic E-state index is -0.414. The Hall–Kier alpha value is -1.41. The van der Waals surface area contributed by atoms with Gasteiger partial charge in [0.05, 0.1) is 24.8 Å². The molecule has 0 amide bonds. The number of nitrogens with one attached hydrogen (secondary N) is 1. The molecule has 128 valence electrons. The van der Waals surface area contributed by atoms with Crippen LogP contribution in [0.5, 0.6) is 0 Å². The van der Waals surface area contributed by atoms with Crippen LogP contribution in [0.15, 0.2) is 18.2 Å². The second-order valence-electron chi connectivity index (χ2n) is 7.72. The molecule has 1 saturated carbocycles. The van der Waals surface area contributed by atoms with Crippen LogP contribution < -0.4 is 5.32 Å². The molecule has 2 heterocycles. The molecule has 3 atom stereocenters. The molecule has 24 heavy (non-hydrogen) atoms. The molecule has 4 nitrogen and oxygen atoms in total. The van der Waals surface area contributed by atoms with Gasteiger partial charge in [-0.25, -0.2) is 0 Å². The Bertz CT molecular complexity index is 675. The van der Waals surface area contributed by atoms with Crippen LogP contribution in [0, 0.1) is 24.2 Å². The highest BCUT2D eigenvalue weighted by molar-refractivity contribution is 5.43. The molecule has 3 unspecified atom stereocenters. The molecule has 2 aliphatic heterocycles. The summed E-state index contributed by atoms with van der Waals surface area (Å²) in [6.45, 7) is 6.88. The van der Waals surface area contributed by atoms with Gasteiger partial charge in [-0.2, -0.15) is 5.26 Å². The van der Waals surface area contributed by atoms with Crippen molar-refractivity contribution in [2.45, 2.75) is 56.8 Å². The fourth-order valence-corrected chi connectivity index (χ4v) is 5.42. The van der Waals surface area contributed by atoms with Crippen LogP contribution in [0.2, 0.25) is 0 Å². The lowest BCUT2D eigenvalue weighted by atomic mass is 9.55. The predicted molar refractivity (Wildman–Crippen MR) is 91.6 cm³/mol. The van der Waals surface area contributed by atoms with E-state index in [-0.39, 0.29) is 5.41 Å². The van der Waals surface area contributed by atoms with Gasteiger partial charge in [-0.05, 0) is 62.4 Å². The SMILES string of the molecule is Cc1ccc(C#N)cc1C12CCNC(C)C1CCC1(C2)OCCO1. The Labute approximate surface area is 144 Å². The minimum absolute atomic E-state index is 0.0319. The molecule has 3 aliphatic rings. The van der Waals surface area contributed by atoms with Crippen molar-refractivity contribution in [3.05, 3.63) is 34.9 Å². The van der Waals surface area contributed by atoms with Gasteiger partial charge < -0.3 is 14.8 Å². The first-order valence-electron chi connectivity index (χ1n) is 9.11. The lowest BCUT2D eigenvalue weighted by Gasteiger charge is -2.55. The number of rotatable bonds is 1. The summed E-state index contributed by atoms with van der Waals surface area (Å²) in [5.74, 6) is 0.139. The van der Waals surface area contributed by atoms with Crippen molar-refractivity contribution in [1.29, 1.82) is 5.26 Å². The van der Waals surface area contributed by atoms with Gasteiger partial charge in [-0.15, -0.1) is 0 Å². The van der Waals surface area contributed by atoms with Gasteiger partial charge in [0.25, 0.3) is 0 Å². The molecule has 2 saturated heterocycles. The Balaban J connectivity index is 1.83. The van der Waals surface area contributed by atoms with E-state index in [1.165, 1.54) is 11.1 Å². The van der Waals surface area contributed by atoms with E-state index in [0.29, 0.717) is 25.2 Å².